The number of aromatic amines is 1. The van der Waals surface area contributed by atoms with Crippen molar-refractivity contribution in [2.24, 2.45) is 0 Å². The highest BCUT2D eigenvalue weighted by atomic mass is 16.7. The van der Waals surface area contributed by atoms with Gasteiger partial charge in [-0.05, 0) is 5.56 Å². The number of nitrogens with zero attached hydrogens (tertiary/aromatic N) is 3. The molecule has 0 fully saturated rings. The third kappa shape index (κ3) is 3.32. The number of rotatable bonds is 6. The number of carboxylic acid groups (broad SMARTS) is 1. The number of hydrogen-bond donors (Lipinski definition) is 3. The van der Waals surface area contributed by atoms with Gasteiger partial charge in [0.2, 0.25) is 12.7 Å². The monoisotopic (exact) mass is 369 g/mol. The summed E-state index contributed by atoms with van der Waals surface area (Å²) in [5.74, 6) is -0.455. The number of nitrogens with one attached hydrogen (secondary N) is 2. The van der Waals surface area contributed by atoms with Gasteiger partial charge in [0, 0.05) is 6.42 Å². The third-order valence-corrected chi connectivity index (χ3v) is 4.03. The van der Waals surface area contributed by atoms with Crippen LogP contribution in [0, 0.1) is 0 Å². The average molecular weight is 369 g/mol. The van der Waals surface area contributed by atoms with E-state index >= 15 is 0 Å². The van der Waals surface area contributed by atoms with E-state index in [1.165, 1.54) is 6.26 Å². The zero-order valence-electron chi connectivity index (χ0n) is 14.0. The lowest BCUT2D eigenvalue weighted by molar-refractivity contribution is 0.0694. The topological polar surface area (TPSA) is 131 Å². The van der Waals surface area contributed by atoms with Crippen molar-refractivity contribution in [1.82, 2.24) is 19.6 Å². The van der Waals surface area contributed by atoms with E-state index in [1.807, 2.05) is 30.3 Å². The van der Waals surface area contributed by atoms with E-state index in [0.29, 0.717) is 12.2 Å². The average Bonchev–Trinajstić information content (AvgIpc) is 3.32. The Bertz CT molecular complexity index is 1070. The van der Waals surface area contributed by atoms with Crippen molar-refractivity contribution in [3.63, 3.8) is 0 Å². The van der Waals surface area contributed by atoms with Gasteiger partial charge in [-0.15, -0.1) is 0 Å². The lowest BCUT2D eigenvalue weighted by Gasteiger charge is -2.17. The Morgan fingerprint density at radius 2 is 2.19 bits per heavy atom. The van der Waals surface area contributed by atoms with Gasteiger partial charge < -0.3 is 19.9 Å². The number of aromatic carboxylic acids is 1. The Hall–Kier alpha value is -3.82. The van der Waals surface area contributed by atoms with Gasteiger partial charge in [0.25, 0.3) is 11.3 Å². The molecule has 3 heterocycles. The molecule has 0 radical (unpaired) electrons. The number of hydrogen-bond acceptors (Lipinski definition) is 7. The highest BCUT2D eigenvalue weighted by Crippen LogP contribution is 2.19. The first-order valence-corrected chi connectivity index (χ1v) is 8.08. The number of carboxylic acids is 1. The van der Waals surface area contributed by atoms with Gasteiger partial charge in [0.15, 0.2) is 5.76 Å². The second-order valence-electron chi connectivity index (χ2n) is 5.83. The van der Waals surface area contributed by atoms with Crippen LogP contribution in [0.1, 0.15) is 15.9 Å². The molecule has 10 nitrogen and oxygen atoms in total. The van der Waals surface area contributed by atoms with Crippen LogP contribution in [0.25, 0.3) is 5.78 Å². The summed E-state index contributed by atoms with van der Waals surface area (Å²) < 4.78 is 11.6. The number of aromatic nitrogens is 4. The Balaban J connectivity index is 1.65. The zero-order valence-corrected chi connectivity index (χ0v) is 14.0. The van der Waals surface area contributed by atoms with Gasteiger partial charge in [-0.25, -0.2) is 9.78 Å². The predicted octanol–water partition coefficient (Wildman–Crippen LogP) is 0.985. The maximum Gasteiger partial charge on any atom is 0.343 e. The molecule has 0 amide bonds. The molecule has 1 unspecified atom stereocenters. The SMILES string of the molecule is O=C(O)c1cnc2nc(NC(Cc3ccccc3)C3=COCO3)[nH]n2c1=O. The summed E-state index contributed by atoms with van der Waals surface area (Å²) in [6, 6.07) is 9.45. The molecular weight excluding hydrogens is 354 g/mol. The largest absolute Gasteiger partial charge is 0.477 e. The lowest BCUT2D eigenvalue weighted by Crippen LogP contribution is -2.26. The van der Waals surface area contributed by atoms with Crippen molar-refractivity contribution < 1.29 is 19.4 Å². The van der Waals surface area contributed by atoms with Gasteiger partial charge in [-0.1, -0.05) is 30.3 Å². The van der Waals surface area contributed by atoms with E-state index in [9.17, 15) is 9.59 Å². The molecule has 0 saturated heterocycles. The van der Waals surface area contributed by atoms with Crippen molar-refractivity contribution in [3.05, 3.63) is 70.0 Å². The third-order valence-electron chi connectivity index (χ3n) is 4.03. The van der Waals surface area contributed by atoms with Crippen LogP contribution in [0.2, 0.25) is 0 Å². The lowest BCUT2D eigenvalue weighted by atomic mass is 10.0. The summed E-state index contributed by atoms with van der Waals surface area (Å²) in [4.78, 5) is 31.4. The maximum absolute atomic E-state index is 12.2. The summed E-state index contributed by atoms with van der Waals surface area (Å²) in [6.07, 6.45) is 3.09. The molecule has 138 valence electrons. The smallest absolute Gasteiger partial charge is 0.343 e. The first kappa shape index (κ1) is 16.6. The van der Waals surface area contributed by atoms with Crippen LogP contribution in [0.3, 0.4) is 0 Å². The molecule has 1 aliphatic rings. The molecule has 2 aromatic heterocycles. The number of anilines is 1. The summed E-state index contributed by atoms with van der Waals surface area (Å²) >= 11 is 0. The van der Waals surface area contributed by atoms with Gasteiger partial charge >= 0.3 is 5.97 Å². The molecule has 4 rings (SSSR count). The fourth-order valence-corrected chi connectivity index (χ4v) is 2.74. The fourth-order valence-electron chi connectivity index (χ4n) is 2.74. The number of carbonyl (C=O) groups is 1. The van der Waals surface area contributed by atoms with Crippen LogP contribution in [0.4, 0.5) is 5.95 Å². The molecule has 27 heavy (non-hydrogen) atoms. The Labute approximate surface area is 152 Å². The fraction of sp³-hybridized carbons (Fsp3) is 0.176. The standard InChI is InChI=1S/C17H15N5O5/c23-14-11(15(24)25)7-18-17-20-16(21-22(14)17)19-12(13-8-26-9-27-13)6-10-4-2-1-3-5-10/h1-5,7-8,12H,6,9H2,(H,24,25)(H2,18,19,20,21). The van der Waals surface area contributed by atoms with Crippen LogP contribution < -0.4 is 10.9 Å². The van der Waals surface area contributed by atoms with Crippen molar-refractivity contribution in [3.8, 4) is 0 Å². The molecule has 0 bridgehead atoms. The summed E-state index contributed by atoms with van der Waals surface area (Å²) in [5, 5.41) is 14.9. The Morgan fingerprint density at radius 3 is 2.89 bits per heavy atom. The number of benzene rings is 1. The molecule has 1 atom stereocenters. The number of fused-ring (bicyclic) bond motifs is 1. The van der Waals surface area contributed by atoms with Crippen molar-refractivity contribution in [1.29, 1.82) is 0 Å². The van der Waals surface area contributed by atoms with E-state index < -0.39 is 17.1 Å². The maximum atomic E-state index is 12.2. The second kappa shape index (κ2) is 6.83. The van der Waals surface area contributed by atoms with Gasteiger partial charge in [0.1, 0.15) is 11.8 Å². The molecule has 1 aliphatic heterocycles. The van der Waals surface area contributed by atoms with Crippen LogP contribution in [-0.4, -0.2) is 43.5 Å². The quantitative estimate of drug-likeness (QED) is 0.586. The van der Waals surface area contributed by atoms with E-state index in [2.05, 4.69) is 20.4 Å². The van der Waals surface area contributed by atoms with Gasteiger partial charge in [-0.3, -0.25) is 9.89 Å². The van der Waals surface area contributed by atoms with E-state index in [-0.39, 0.29) is 24.6 Å². The minimum atomic E-state index is -1.35. The molecule has 0 saturated carbocycles. The van der Waals surface area contributed by atoms with Crippen molar-refractivity contribution >= 4 is 17.7 Å². The first-order chi connectivity index (χ1) is 13.1. The highest BCUT2D eigenvalue weighted by Gasteiger charge is 2.22. The second-order valence-corrected chi connectivity index (χ2v) is 5.83. The van der Waals surface area contributed by atoms with Gasteiger partial charge in [0.05, 0.1) is 12.2 Å². The minimum absolute atomic E-state index is 0.0588. The molecule has 1 aromatic carbocycles. The number of H-pyrrole nitrogens is 1. The number of ether oxygens (including phenoxy) is 2. The molecule has 10 heteroatoms. The Morgan fingerprint density at radius 1 is 1.37 bits per heavy atom. The zero-order chi connectivity index (χ0) is 18.8. The van der Waals surface area contributed by atoms with Crippen LogP contribution in [0.5, 0.6) is 0 Å². The van der Waals surface area contributed by atoms with Crippen LogP contribution >= 0.6 is 0 Å². The molecular formula is C17H15N5O5. The van der Waals surface area contributed by atoms with Crippen molar-refractivity contribution in [2.75, 3.05) is 12.1 Å². The summed E-state index contributed by atoms with van der Waals surface area (Å²) in [6.45, 7) is 0.130. The summed E-state index contributed by atoms with van der Waals surface area (Å²) in [5.41, 5.74) is -0.128. The highest BCUT2D eigenvalue weighted by molar-refractivity contribution is 5.86. The van der Waals surface area contributed by atoms with E-state index in [0.717, 1.165) is 16.3 Å². The van der Waals surface area contributed by atoms with Crippen LogP contribution in [0.15, 0.2) is 53.3 Å². The predicted molar refractivity (Wildman–Crippen MR) is 93.2 cm³/mol. The van der Waals surface area contributed by atoms with Crippen molar-refractivity contribution in [2.45, 2.75) is 12.5 Å². The Kier molecular flexibility index (Phi) is 4.21. The van der Waals surface area contributed by atoms with E-state index in [4.69, 9.17) is 14.6 Å². The molecule has 0 aliphatic carbocycles. The van der Waals surface area contributed by atoms with E-state index in [1.54, 1.807) is 0 Å². The minimum Gasteiger partial charge on any atom is -0.477 e. The normalized spacial score (nSPS) is 14.3. The molecule has 0 spiro atoms. The van der Waals surface area contributed by atoms with Gasteiger partial charge in [-0.2, -0.15) is 9.50 Å². The molecule has 3 N–H and O–H groups in total. The first-order valence-electron chi connectivity index (χ1n) is 8.08. The molecule has 3 aromatic rings. The van der Waals surface area contributed by atoms with Crippen LogP contribution in [-0.2, 0) is 15.9 Å². The summed E-state index contributed by atoms with van der Waals surface area (Å²) in [7, 11) is 0.